The largest absolute Gasteiger partial charge is 0.354 e. The molecule has 7 heteroatoms. The second-order valence-electron chi connectivity index (χ2n) is 4.26. The van der Waals surface area contributed by atoms with Crippen LogP contribution >= 0.6 is 11.6 Å². The van der Waals surface area contributed by atoms with Crippen LogP contribution in [0.2, 0.25) is 0 Å². The molecule has 21 heavy (non-hydrogen) atoms. The van der Waals surface area contributed by atoms with Crippen LogP contribution in [-0.2, 0) is 15.7 Å². The molecule has 0 amide bonds. The van der Waals surface area contributed by atoms with Gasteiger partial charge in [0.05, 0.1) is 10.6 Å². The molecule has 1 N–H and O–H groups in total. The van der Waals surface area contributed by atoms with Gasteiger partial charge in [0.2, 0.25) is 9.84 Å². The fourth-order valence-corrected chi connectivity index (χ4v) is 2.85. The minimum absolute atomic E-state index is 0.101. The molecular formula is C14H12ClF2NO2S. The Morgan fingerprint density at radius 1 is 1.10 bits per heavy atom. The lowest BCUT2D eigenvalue weighted by Gasteiger charge is -2.12. The lowest BCUT2D eigenvalue weighted by Crippen LogP contribution is -2.13. The Morgan fingerprint density at radius 3 is 2.48 bits per heavy atom. The quantitative estimate of drug-likeness (QED) is 0.837. The smallest absolute Gasteiger partial charge is 0.341 e. The molecule has 0 aliphatic carbocycles. The van der Waals surface area contributed by atoms with Crippen molar-refractivity contribution >= 4 is 32.8 Å². The first kappa shape index (κ1) is 15.7. The van der Waals surface area contributed by atoms with Crippen molar-refractivity contribution in [2.24, 2.45) is 0 Å². The molecule has 0 heterocycles. The Balaban J connectivity index is 2.41. The van der Waals surface area contributed by atoms with Crippen LogP contribution in [-0.4, -0.2) is 14.2 Å². The van der Waals surface area contributed by atoms with Gasteiger partial charge >= 0.3 is 5.76 Å². The van der Waals surface area contributed by atoms with E-state index in [0.717, 1.165) is 11.6 Å². The summed E-state index contributed by atoms with van der Waals surface area (Å²) in [6.45, 7) is 0. The summed E-state index contributed by atoms with van der Waals surface area (Å²) in [6, 6.07) is 12.5. The summed E-state index contributed by atoms with van der Waals surface area (Å²) in [5.41, 5.74) is 1.51. The molecule has 0 spiro atoms. The van der Waals surface area contributed by atoms with Crippen LogP contribution in [0, 0.1) is 0 Å². The summed E-state index contributed by atoms with van der Waals surface area (Å²) in [5.74, 6) is -3.17. The van der Waals surface area contributed by atoms with E-state index in [4.69, 9.17) is 11.6 Å². The van der Waals surface area contributed by atoms with Crippen LogP contribution in [0.25, 0.3) is 0 Å². The Labute approximate surface area is 126 Å². The minimum Gasteiger partial charge on any atom is -0.354 e. The van der Waals surface area contributed by atoms with Gasteiger partial charge in [0.15, 0.2) is 0 Å². The highest BCUT2D eigenvalue weighted by Crippen LogP contribution is 2.28. The molecule has 112 valence electrons. The van der Waals surface area contributed by atoms with Crippen LogP contribution in [0.4, 0.5) is 20.2 Å². The van der Waals surface area contributed by atoms with Gasteiger partial charge < -0.3 is 5.32 Å². The summed E-state index contributed by atoms with van der Waals surface area (Å²) in [6.07, 6.45) is 0. The van der Waals surface area contributed by atoms with E-state index < -0.39 is 20.5 Å². The van der Waals surface area contributed by atoms with Crippen molar-refractivity contribution in [3.63, 3.8) is 0 Å². The van der Waals surface area contributed by atoms with Gasteiger partial charge in [-0.2, -0.15) is 8.78 Å². The highest BCUT2D eigenvalue weighted by Gasteiger charge is 2.28. The molecule has 0 aliphatic heterocycles. The summed E-state index contributed by atoms with van der Waals surface area (Å²) in [5, 5.41) is 2.84. The molecule has 0 aromatic heterocycles. The van der Waals surface area contributed by atoms with Crippen molar-refractivity contribution in [1.82, 2.24) is 0 Å². The lowest BCUT2D eigenvalue weighted by atomic mass is 10.2. The van der Waals surface area contributed by atoms with Gasteiger partial charge in [0.25, 0.3) is 0 Å². The van der Waals surface area contributed by atoms with E-state index in [0.29, 0.717) is 11.6 Å². The molecule has 0 unspecified atom stereocenters. The zero-order chi connectivity index (χ0) is 15.5. The van der Waals surface area contributed by atoms with E-state index >= 15 is 0 Å². The Bertz CT molecular complexity index is 735. The van der Waals surface area contributed by atoms with Crippen molar-refractivity contribution in [2.45, 2.75) is 16.5 Å². The molecule has 0 aliphatic rings. The van der Waals surface area contributed by atoms with Gasteiger partial charge in [-0.1, -0.05) is 24.3 Å². The van der Waals surface area contributed by atoms with E-state index in [1.807, 2.05) is 0 Å². The highest BCUT2D eigenvalue weighted by molar-refractivity contribution is 7.91. The molecule has 0 fully saturated rings. The predicted molar refractivity (Wildman–Crippen MR) is 78.9 cm³/mol. The summed E-state index contributed by atoms with van der Waals surface area (Å²) < 4.78 is 48.7. The minimum atomic E-state index is -4.67. The van der Waals surface area contributed by atoms with E-state index in [9.17, 15) is 17.2 Å². The summed E-state index contributed by atoms with van der Waals surface area (Å²) in [7, 11) is -4.67. The second kappa shape index (κ2) is 6.41. The Hall–Kier alpha value is -1.66. The molecule has 0 saturated carbocycles. The van der Waals surface area contributed by atoms with Gasteiger partial charge in [0.1, 0.15) is 0 Å². The number of rotatable bonds is 5. The van der Waals surface area contributed by atoms with Gasteiger partial charge in [-0.25, -0.2) is 8.42 Å². The van der Waals surface area contributed by atoms with E-state index in [1.165, 1.54) is 12.1 Å². The molecule has 2 aromatic carbocycles. The highest BCUT2D eigenvalue weighted by atomic mass is 35.5. The Kier molecular flexibility index (Phi) is 4.80. The zero-order valence-corrected chi connectivity index (χ0v) is 12.3. The molecule has 2 rings (SSSR count). The number of para-hydroxylation sites is 1. The third-order valence-corrected chi connectivity index (χ3v) is 4.54. The van der Waals surface area contributed by atoms with Crippen molar-refractivity contribution in [3.05, 3.63) is 54.1 Å². The monoisotopic (exact) mass is 331 g/mol. The topological polar surface area (TPSA) is 46.2 Å². The van der Waals surface area contributed by atoms with Crippen molar-refractivity contribution in [1.29, 1.82) is 0 Å². The third-order valence-electron chi connectivity index (χ3n) is 2.79. The number of hydrogen-bond donors (Lipinski definition) is 1. The van der Waals surface area contributed by atoms with Gasteiger partial charge in [-0.15, -0.1) is 11.6 Å². The van der Waals surface area contributed by atoms with Crippen molar-refractivity contribution in [2.75, 3.05) is 5.32 Å². The van der Waals surface area contributed by atoms with Crippen LogP contribution in [0.5, 0.6) is 0 Å². The number of anilines is 2. The number of halogens is 3. The molecule has 3 nitrogen and oxygen atoms in total. The van der Waals surface area contributed by atoms with Crippen molar-refractivity contribution in [3.8, 4) is 0 Å². The number of nitrogens with one attached hydrogen (secondary N) is 1. The first-order valence-corrected chi connectivity index (χ1v) is 8.06. The molecule has 0 saturated heterocycles. The van der Waals surface area contributed by atoms with Crippen LogP contribution < -0.4 is 5.32 Å². The van der Waals surface area contributed by atoms with E-state index in [-0.39, 0.29) is 5.69 Å². The van der Waals surface area contributed by atoms with E-state index in [1.54, 1.807) is 30.3 Å². The maximum absolute atomic E-state index is 12.7. The Morgan fingerprint density at radius 2 is 1.81 bits per heavy atom. The summed E-state index contributed by atoms with van der Waals surface area (Å²) >= 11 is 5.72. The SMILES string of the molecule is O=S(=O)(c1ccccc1Nc1cccc(CCl)c1)C(F)F. The fourth-order valence-electron chi connectivity index (χ4n) is 1.80. The van der Waals surface area contributed by atoms with Crippen LogP contribution in [0.15, 0.2) is 53.4 Å². The standard InChI is InChI=1S/C14H12ClF2NO2S/c15-9-10-4-3-5-11(8-10)18-12-6-1-2-7-13(12)21(19,20)14(16)17/h1-8,14,18H,9H2. The van der Waals surface area contributed by atoms with Crippen molar-refractivity contribution < 1.29 is 17.2 Å². The number of hydrogen-bond acceptors (Lipinski definition) is 3. The number of sulfone groups is 1. The number of alkyl halides is 3. The molecule has 0 atom stereocenters. The first-order chi connectivity index (χ1) is 9.95. The van der Waals surface area contributed by atoms with Crippen LogP contribution in [0.1, 0.15) is 5.56 Å². The second-order valence-corrected chi connectivity index (χ2v) is 6.41. The maximum Gasteiger partial charge on any atom is 0.341 e. The maximum atomic E-state index is 12.7. The van der Waals surface area contributed by atoms with Gasteiger partial charge in [-0.05, 0) is 29.8 Å². The van der Waals surface area contributed by atoms with Gasteiger partial charge in [0, 0.05) is 11.6 Å². The van der Waals surface area contributed by atoms with Crippen LogP contribution in [0.3, 0.4) is 0 Å². The average molecular weight is 332 g/mol. The first-order valence-electron chi connectivity index (χ1n) is 5.98. The lowest BCUT2D eigenvalue weighted by molar-refractivity contribution is 0.235. The third kappa shape index (κ3) is 3.51. The molecule has 0 bridgehead atoms. The zero-order valence-electron chi connectivity index (χ0n) is 10.8. The van der Waals surface area contributed by atoms with Gasteiger partial charge in [-0.3, -0.25) is 0 Å². The fraction of sp³-hybridized carbons (Fsp3) is 0.143. The normalized spacial score (nSPS) is 11.6. The summed E-state index contributed by atoms with van der Waals surface area (Å²) in [4.78, 5) is -0.434. The number of benzene rings is 2. The average Bonchev–Trinajstić information content (AvgIpc) is 2.47. The molecule has 0 radical (unpaired) electrons. The molecular weight excluding hydrogens is 320 g/mol. The predicted octanol–water partition coefficient (Wildman–Crippen LogP) is 4.17. The van der Waals surface area contributed by atoms with E-state index in [2.05, 4.69) is 5.32 Å². The molecule has 2 aromatic rings.